The predicted molar refractivity (Wildman–Crippen MR) is 159 cm³/mol. The SMILES string of the molecule is CCC(NOCc1cccc(Cl)c1)=C1O[C@@H](Oc2ccc(C=C(C)C(=O)N[C@@H]3[C@H](O)[C@@H](O)[C@H]4OCO[C@H]4[C@@H]3O)cc2O)[C@@H](F)[C@@H]1O. The summed E-state index contributed by atoms with van der Waals surface area (Å²) >= 11 is 5.99. The van der Waals surface area contributed by atoms with Crippen LogP contribution in [0.4, 0.5) is 4.39 Å². The Morgan fingerprint density at radius 2 is 1.83 bits per heavy atom. The van der Waals surface area contributed by atoms with E-state index in [-0.39, 0.29) is 30.5 Å². The molecule has 3 fully saturated rings. The lowest BCUT2D eigenvalue weighted by molar-refractivity contribution is -0.155. The van der Waals surface area contributed by atoms with E-state index in [9.17, 15) is 30.3 Å². The number of aliphatic hydroxyl groups excluding tert-OH is 4. The number of carbonyl (C=O) groups is 1. The Labute approximate surface area is 268 Å². The molecule has 2 saturated heterocycles. The van der Waals surface area contributed by atoms with Crippen LogP contribution in [-0.2, 0) is 30.4 Å². The average Bonchev–Trinajstić information content (AvgIpc) is 3.63. The number of nitrogens with one attached hydrogen (secondary N) is 2. The molecule has 0 bridgehead atoms. The van der Waals surface area contributed by atoms with Crippen LogP contribution in [0, 0.1) is 0 Å². The normalized spacial score (nSPS) is 32.0. The molecular formula is C31H36ClFN2O11. The van der Waals surface area contributed by atoms with Gasteiger partial charge in [-0.25, -0.2) is 4.39 Å². The van der Waals surface area contributed by atoms with Gasteiger partial charge < -0.3 is 49.8 Å². The second-order valence-corrected chi connectivity index (χ2v) is 11.6. The van der Waals surface area contributed by atoms with E-state index < -0.39 is 66.8 Å². The van der Waals surface area contributed by atoms with Gasteiger partial charge in [-0.3, -0.25) is 15.1 Å². The molecule has 5 rings (SSSR count). The second-order valence-electron chi connectivity index (χ2n) is 11.1. The number of carbonyl (C=O) groups excluding carboxylic acids is 1. The number of aliphatic hydroxyl groups is 4. The molecule has 9 atom stereocenters. The number of aromatic hydroxyl groups is 1. The highest BCUT2D eigenvalue weighted by molar-refractivity contribution is 6.30. The molecule has 46 heavy (non-hydrogen) atoms. The van der Waals surface area contributed by atoms with Crippen LogP contribution >= 0.6 is 11.6 Å². The summed E-state index contributed by atoms with van der Waals surface area (Å²) in [6.45, 7) is 3.21. The Morgan fingerprint density at radius 1 is 1.09 bits per heavy atom. The molecule has 1 aliphatic carbocycles. The van der Waals surface area contributed by atoms with Crippen molar-refractivity contribution < 1.29 is 58.5 Å². The van der Waals surface area contributed by atoms with E-state index in [2.05, 4.69) is 10.8 Å². The molecule has 13 nitrogen and oxygen atoms in total. The first-order valence-corrected chi connectivity index (χ1v) is 15.0. The molecule has 1 saturated carbocycles. The van der Waals surface area contributed by atoms with Crippen LogP contribution in [-0.4, -0.2) is 93.4 Å². The minimum absolute atomic E-state index is 0.102. The van der Waals surface area contributed by atoms with Gasteiger partial charge in [-0.05, 0) is 54.8 Å². The number of phenolic OH excluding ortho intramolecular Hbond substituents is 1. The minimum atomic E-state index is -1.99. The van der Waals surface area contributed by atoms with Gasteiger partial charge >= 0.3 is 0 Å². The van der Waals surface area contributed by atoms with Crippen molar-refractivity contribution in [2.24, 2.45) is 0 Å². The van der Waals surface area contributed by atoms with Gasteiger partial charge in [0.05, 0.1) is 18.3 Å². The molecule has 0 aromatic heterocycles. The predicted octanol–water partition coefficient (Wildman–Crippen LogP) is 1.55. The van der Waals surface area contributed by atoms with Crippen LogP contribution in [0.25, 0.3) is 6.08 Å². The summed E-state index contributed by atoms with van der Waals surface area (Å²) in [4.78, 5) is 18.4. The zero-order valence-corrected chi connectivity index (χ0v) is 25.6. The average molecular weight is 667 g/mol. The lowest BCUT2D eigenvalue weighted by Crippen LogP contribution is -2.67. The maximum absolute atomic E-state index is 15.0. The van der Waals surface area contributed by atoms with Crippen LogP contribution in [0.2, 0.25) is 5.02 Å². The number of ether oxygens (including phenoxy) is 4. The Morgan fingerprint density at radius 3 is 2.52 bits per heavy atom. The highest BCUT2D eigenvalue weighted by Gasteiger charge is 2.53. The molecule has 2 aliphatic heterocycles. The number of hydrogen-bond donors (Lipinski definition) is 7. The molecular weight excluding hydrogens is 631 g/mol. The minimum Gasteiger partial charge on any atom is -0.504 e. The molecule has 2 aromatic carbocycles. The highest BCUT2D eigenvalue weighted by atomic mass is 35.5. The van der Waals surface area contributed by atoms with Crippen molar-refractivity contribution in [2.45, 2.75) is 82.0 Å². The number of rotatable bonds is 10. The second kappa shape index (κ2) is 14.5. The van der Waals surface area contributed by atoms with Crippen molar-refractivity contribution in [3.05, 3.63) is 75.6 Å². The molecule has 2 heterocycles. The Hall–Kier alpha value is -3.47. The van der Waals surface area contributed by atoms with Gasteiger partial charge in [0.25, 0.3) is 6.29 Å². The molecule has 2 aromatic rings. The van der Waals surface area contributed by atoms with Crippen molar-refractivity contribution in [1.82, 2.24) is 10.8 Å². The zero-order chi connectivity index (χ0) is 33.1. The zero-order valence-electron chi connectivity index (χ0n) is 24.9. The van der Waals surface area contributed by atoms with E-state index in [1.54, 1.807) is 25.1 Å². The van der Waals surface area contributed by atoms with Crippen LogP contribution in [0.1, 0.15) is 31.4 Å². The van der Waals surface area contributed by atoms with Gasteiger partial charge in [-0.2, -0.15) is 0 Å². The van der Waals surface area contributed by atoms with E-state index in [4.69, 9.17) is 35.4 Å². The van der Waals surface area contributed by atoms with Gasteiger partial charge in [0.2, 0.25) is 12.1 Å². The number of allylic oxidation sites excluding steroid dienone is 1. The molecule has 250 valence electrons. The Balaban J connectivity index is 1.20. The topological polar surface area (TPSA) is 188 Å². The van der Waals surface area contributed by atoms with Crippen molar-refractivity contribution >= 4 is 23.6 Å². The van der Waals surface area contributed by atoms with Crippen LogP contribution < -0.4 is 15.5 Å². The highest BCUT2D eigenvalue weighted by Crippen LogP contribution is 2.35. The van der Waals surface area contributed by atoms with Crippen LogP contribution in [0.5, 0.6) is 11.5 Å². The summed E-state index contributed by atoms with van der Waals surface area (Å²) < 4.78 is 36.7. The van der Waals surface area contributed by atoms with Gasteiger partial charge in [0, 0.05) is 10.6 Å². The number of alkyl halides is 1. The molecule has 7 N–H and O–H groups in total. The van der Waals surface area contributed by atoms with Crippen molar-refractivity contribution in [1.29, 1.82) is 0 Å². The molecule has 1 amide bonds. The number of phenols is 1. The summed E-state index contributed by atoms with van der Waals surface area (Å²) in [5.41, 5.74) is 4.29. The van der Waals surface area contributed by atoms with Crippen molar-refractivity contribution in [2.75, 3.05) is 6.79 Å². The first-order valence-electron chi connectivity index (χ1n) is 14.6. The number of hydroxylamine groups is 1. The smallest absolute Gasteiger partial charge is 0.275 e. The standard InChI is InChI=1S/C31H36ClFN2O11/c1-3-18(35-44-12-16-5-4-6-17(32)10-16)27-23(37)21(33)31(46-27)45-20-8-7-15(11-19(20)36)9-14(2)30(41)34-22-24(38)26(40)29-28(25(22)39)42-13-43-29/h4-11,21-26,28-29,31,35-40H,3,12-13H2,1-2H3,(H,34,41)/t21-,22+,23-,24-,25+,26+,28-,29+,31+/m0/s1. The fraction of sp³-hybridized carbons (Fsp3) is 0.452. The van der Waals surface area contributed by atoms with E-state index in [1.807, 2.05) is 6.07 Å². The maximum Gasteiger partial charge on any atom is 0.275 e. The third kappa shape index (κ3) is 7.24. The number of amides is 1. The van der Waals surface area contributed by atoms with Crippen LogP contribution in [0.15, 0.2) is 59.5 Å². The maximum atomic E-state index is 15.0. The lowest BCUT2D eigenvalue weighted by atomic mass is 9.83. The number of halogens is 2. The first-order chi connectivity index (χ1) is 22.0. The molecule has 15 heteroatoms. The summed E-state index contributed by atoms with van der Waals surface area (Å²) in [5.74, 6) is -1.29. The summed E-state index contributed by atoms with van der Waals surface area (Å²) in [5, 5.41) is 55.5. The first kappa shape index (κ1) is 33.9. The van der Waals surface area contributed by atoms with E-state index in [0.717, 1.165) is 5.56 Å². The van der Waals surface area contributed by atoms with Gasteiger partial charge in [0.15, 0.2) is 23.4 Å². The summed E-state index contributed by atoms with van der Waals surface area (Å²) in [7, 11) is 0. The quantitative estimate of drug-likeness (QED) is 0.143. The van der Waals surface area contributed by atoms with Crippen molar-refractivity contribution in [3.63, 3.8) is 0 Å². The molecule has 0 unspecified atom stereocenters. The monoisotopic (exact) mass is 666 g/mol. The summed E-state index contributed by atoms with van der Waals surface area (Å²) in [6, 6.07) is 9.91. The fourth-order valence-electron chi connectivity index (χ4n) is 5.41. The summed E-state index contributed by atoms with van der Waals surface area (Å²) in [6.07, 6.45) is -9.56. The van der Waals surface area contributed by atoms with Crippen molar-refractivity contribution in [3.8, 4) is 11.5 Å². The Bertz CT molecular complexity index is 1480. The van der Waals surface area contributed by atoms with E-state index >= 15 is 4.39 Å². The van der Waals surface area contributed by atoms with E-state index in [1.165, 1.54) is 31.2 Å². The molecule has 0 radical (unpaired) electrons. The third-order valence-electron chi connectivity index (χ3n) is 7.92. The van der Waals surface area contributed by atoms with Gasteiger partial charge in [-0.1, -0.05) is 36.7 Å². The van der Waals surface area contributed by atoms with Crippen LogP contribution in [0.3, 0.4) is 0 Å². The number of fused-ring (bicyclic) bond motifs is 1. The Kier molecular flexibility index (Phi) is 10.7. The fourth-order valence-corrected chi connectivity index (χ4v) is 5.62. The molecule has 0 spiro atoms. The number of benzene rings is 2. The molecule has 3 aliphatic rings. The third-order valence-corrected chi connectivity index (χ3v) is 8.15. The lowest BCUT2D eigenvalue weighted by Gasteiger charge is -2.41. The largest absolute Gasteiger partial charge is 0.504 e. The van der Waals surface area contributed by atoms with E-state index in [0.29, 0.717) is 22.7 Å². The van der Waals surface area contributed by atoms with Gasteiger partial charge in [-0.15, -0.1) is 0 Å². The number of hydrogen-bond acceptors (Lipinski definition) is 12. The van der Waals surface area contributed by atoms with Gasteiger partial charge in [0.1, 0.15) is 37.3 Å².